The first kappa shape index (κ1) is 16.0. The maximum absolute atomic E-state index is 11.8. The predicted molar refractivity (Wildman–Crippen MR) is 77.0 cm³/mol. The molecule has 0 saturated heterocycles. The highest BCUT2D eigenvalue weighted by molar-refractivity contribution is 5.74. The third-order valence-corrected chi connectivity index (χ3v) is 3.06. The van der Waals surface area contributed by atoms with Crippen molar-refractivity contribution in [2.24, 2.45) is 0 Å². The second-order valence-corrected chi connectivity index (χ2v) is 4.84. The summed E-state index contributed by atoms with van der Waals surface area (Å²) in [7, 11) is 0. The van der Waals surface area contributed by atoms with Crippen LogP contribution in [0.4, 0.5) is 4.79 Å². The van der Waals surface area contributed by atoms with E-state index in [-0.39, 0.29) is 24.7 Å². The number of nitrogens with zero attached hydrogens (tertiary/aromatic N) is 1. The molecule has 20 heavy (non-hydrogen) atoms. The number of carbonyl (C=O) groups excluding carboxylic acids is 1. The number of aliphatic hydroxyl groups is 1. The number of urea groups is 1. The Morgan fingerprint density at radius 3 is 2.50 bits per heavy atom. The summed E-state index contributed by atoms with van der Waals surface area (Å²) in [5.41, 5.74) is 1.55. The molecule has 1 aromatic carbocycles. The highest BCUT2D eigenvalue weighted by Crippen LogP contribution is 2.12. The standard InChI is InChI=1S/C15H21N3O2/c1-11(4-3-9-19)17-15(20)18-12(2)14-7-5-13(10-16)6-8-14/h5-8,11-12,19H,3-4,9H2,1-2H3,(H2,17,18,20). The maximum Gasteiger partial charge on any atom is 0.315 e. The molecule has 5 heteroatoms. The van der Waals surface area contributed by atoms with E-state index in [1.165, 1.54) is 0 Å². The zero-order valence-electron chi connectivity index (χ0n) is 11.9. The number of nitriles is 1. The van der Waals surface area contributed by atoms with Crippen molar-refractivity contribution in [3.05, 3.63) is 35.4 Å². The van der Waals surface area contributed by atoms with E-state index in [1.54, 1.807) is 12.1 Å². The zero-order valence-corrected chi connectivity index (χ0v) is 11.9. The van der Waals surface area contributed by atoms with Crippen molar-refractivity contribution < 1.29 is 9.90 Å². The monoisotopic (exact) mass is 275 g/mol. The number of benzene rings is 1. The van der Waals surface area contributed by atoms with E-state index in [0.717, 1.165) is 12.0 Å². The van der Waals surface area contributed by atoms with E-state index >= 15 is 0 Å². The molecular weight excluding hydrogens is 254 g/mol. The molecule has 2 amide bonds. The van der Waals surface area contributed by atoms with Gasteiger partial charge in [0.1, 0.15) is 0 Å². The molecule has 0 aliphatic rings. The van der Waals surface area contributed by atoms with Gasteiger partial charge in [-0.2, -0.15) is 5.26 Å². The molecule has 2 unspecified atom stereocenters. The third kappa shape index (κ3) is 5.29. The van der Waals surface area contributed by atoms with Gasteiger partial charge in [-0.3, -0.25) is 0 Å². The van der Waals surface area contributed by atoms with E-state index < -0.39 is 0 Å². The lowest BCUT2D eigenvalue weighted by atomic mass is 10.1. The van der Waals surface area contributed by atoms with Crippen LogP contribution >= 0.6 is 0 Å². The minimum Gasteiger partial charge on any atom is -0.396 e. The molecule has 1 aromatic rings. The molecule has 2 atom stereocenters. The van der Waals surface area contributed by atoms with Crippen LogP contribution in [0.5, 0.6) is 0 Å². The van der Waals surface area contributed by atoms with Crippen LogP contribution in [0.25, 0.3) is 0 Å². The Morgan fingerprint density at radius 2 is 1.95 bits per heavy atom. The van der Waals surface area contributed by atoms with Crippen LogP contribution in [0.1, 0.15) is 43.9 Å². The number of carbonyl (C=O) groups is 1. The summed E-state index contributed by atoms with van der Waals surface area (Å²) in [6, 6.07) is 8.85. The summed E-state index contributed by atoms with van der Waals surface area (Å²) in [4.78, 5) is 11.8. The van der Waals surface area contributed by atoms with Crippen LogP contribution in [0.2, 0.25) is 0 Å². The van der Waals surface area contributed by atoms with Crippen LogP contribution in [0.15, 0.2) is 24.3 Å². The van der Waals surface area contributed by atoms with Gasteiger partial charge in [0.2, 0.25) is 0 Å². The summed E-state index contributed by atoms with van der Waals surface area (Å²) in [6.45, 7) is 3.93. The molecule has 0 spiro atoms. The molecular formula is C15H21N3O2. The quantitative estimate of drug-likeness (QED) is 0.743. The van der Waals surface area contributed by atoms with Crippen molar-refractivity contribution in [1.29, 1.82) is 5.26 Å². The second kappa shape index (κ2) is 8.18. The van der Waals surface area contributed by atoms with Gasteiger partial charge in [-0.1, -0.05) is 12.1 Å². The SMILES string of the molecule is CC(CCCO)NC(=O)NC(C)c1ccc(C#N)cc1. The lowest BCUT2D eigenvalue weighted by Gasteiger charge is -2.18. The number of nitrogens with one attached hydrogen (secondary N) is 2. The van der Waals surface area contributed by atoms with Crippen molar-refractivity contribution in [3.63, 3.8) is 0 Å². The topological polar surface area (TPSA) is 85.2 Å². The van der Waals surface area contributed by atoms with Crippen molar-refractivity contribution >= 4 is 6.03 Å². The van der Waals surface area contributed by atoms with Gasteiger partial charge in [0.15, 0.2) is 0 Å². The third-order valence-electron chi connectivity index (χ3n) is 3.06. The summed E-state index contributed by atoms with van der Waals surface area (Å²) in [5.74, 6) is 0. The molecule has 0 bridgehead atoms. The first-order valence-electron chi connectivity index (χ1n) is 6.74. The summed E-state index contributed by atoms with van der Waals surface area (Å²) < 4.78 is 0. The van der Waals surface area contributed by atoms with Crippen LogP contribution in [0, 0.1) is 11.3 Å². The van der Waals surface area contributed by atoms with Crippen LogP contribution < -0.4 is 10.6 Å². The highest BCUT2D eigenvalue weighted by Gasteiger charge is 2.11. The Morgan fingerprint density at radius 1 is 1.30 bits per heavy atom. The molecule has 0 saturated carbocycles. The second-order valence-electron chi connectivity index (χ2n) is 4.84. The van der Waals surface area contributed by atoms with Crippen molar-refractivity contribution in [1.82, 2.24) is 10.6 Å². The molecule has 0 aromatic heterocycles. The Labute approximate surface area is 119 Å². The predicted octanol–water partition coefficient (Wildman–Crippen LogP) is 2.08. The van der Waals surface area contributed by atoms with E-state index in [0.29, 0.717) is 12.0 Å². The molecule has 3 N–H and O–H groups in total. The van der Waals surface area contributed by atoms with Gasteiger partial charge in [-0.05, 0) is 44.4 Å². The fourth-order valence-electron chi connectivity index (χ4n) is 1.86. The number of hydrogen-bond donors (Lipinski definition) is 3. The normalized spacial score (nSPS) is 13.1. The average Bonchev–Trinajstić information content (AvgIpc) is 2.45. The van der Waals surface area contributed by atoms with E-state index in [4.69, 9.17) is 10.4 Å². The van der Waals surface area contributed by atoms with Gasteiger partial charge in [-0.15, -0.1) is 0 Å². The summed E-state index contributed by atoms with van der Waals surface area (Å²) in [6.07, 6.45) is 1.42. The van der Waals surface area contributed by atoms with E-state index in [2.05, 4.69) is 16.7 Å². The Kier molecular flexibility index (Phi) is 6.54. The Bertz CT molecular complexity index is 465. The number of aliphatic hydroxyl groups excluding tert-OH is 1. The van der Waals surface area contributed by atoms with Crippen LogP contribution in [-0.4, -0.2) is 23.8 Å². The first-order valence-corrected chi connectivity index (χ1v) is 6.74. The number of hydrogen-bond acceptors (Lipinski definition) is 3. The van der Waals surface area contributed by atoms with Crippen LogP contribution in [0.3, 0.4) is 0 Å². The first-order chi connectivity index (χ1) is 9.56. The number of amides is 2. The molecule has 0 heterocycles. The molecule has 5 nitrogen and oxygen atoms in total. The summed E-state index contributed by atoms with van der Waals surface area (Å²) >= 11 is 0. The van der Waals surface area contributed by atoms with Gasteiger partial charge >= 0.3 is 6.03 Å². The Hall–Kier alpha value is -2.06. The van der Waals surface area contributed by atoms with Crippen LogP contribution in [-0.2, 0) is 0 Å². The lowest BCUT2D eigenvalue weighted by molar-refractivity contribution is 0.231. The molecule has 0 fully saturated rings. The van der Waals surface area contributed by atoms with Crippen molar-refractivity contribution in [3.8, 4) is 6.07 Å². The molecule has 0 radical (unpaired) electrons. The lowest BCUT2D eigenvalue weighted by Crippen LogP contribution is -2.41. The largest absolute Gasteiger partial charge is 0.396 e. The van der Waals surface area contributed by atoms with E-state index in [9.17, 15) is 4.79 Å². The average molecular weight is 275 g/mol. The van der Waals surface area contributed by atoms with Gasteiger partial charge in [-0.25, -0.2) is 4.79 Å². The van der Waals surface area contributed by atoms with Gasteiger partial charge in [0, 0.05) is 12.6 Å². The number of rotatable bonds is 6. The zero-order chi connectivity index (χ0) is 15.0. The van der Waals surface area contributed by atoms with Gasteiger partial charge in [0.25, 0.3) is 0 Å². The van der Waals surface area contributed by atoms with Crippen molar-refractivity contribution in [2.75, 3.05) is 6.61 Å². The molecule has 108 valence electrons. The minimum atomic E-state index is -0.229. The molecule has 0 aliphatic heterocycles. The van der Waals surface area contributed by atoms with Gasteiger partial charge < -0.3 is 15.7 Å². The molecule has 0 aliphatic carbocycles. The van der Waals surface area contributed by atoms with Crippen molar-refractivity contribution in [2.45, 2.75) is 38.8 Å². The maximum atomic E-state index is 11.8. The molecule has 1 rings (SSSR count). The smallest absolute Gasteiger partial charge is 0.315 e. The Balaban J connectivity index is 2.46. The van der Waals surface area contributed by atoms with E-state index in [1.807, 2.05) is 26.0 Å². The minimum absolute atomic E-state index is 0.0234. The fourth-order valence-corrected chi connectivity index (χ4v) is 1.86. The summed E-state index contributed by atoms with van der Waals surface area (Å²) in [5, 5.41) is 23.1. The van der Waals surface area contributed by atoms with Gasteiger partial charge in [0.05, 0.1) is 17.7 Å². The highest BCUT2D eigenvalue weighted by atomic mass is 16.3. The fraction of sp³-hybridized carbons (Fsp3) is 0.467.